The van der Waals surface area contributed by atoms with E-state index in [-0.39, 0.29) is 6.04 Å². The zero-order valence-corrected chi connectivity index (χ0v) is 14.1. The Morgan fingerprint density at radius 3 is 2.50 bits per heavy atom. The maximum atomic E-state index is 12.6. The van der Waals surface area contributed by atoms with Crippen LogP contribution in [0, 0.1) is 0 Å². The van der Waals surface area contributed by atoms with Crippen LogP contribution in [0.1, 0.15) is 26.2 Å². The van der Waals surface area contributed by atoms with E-state index in [1.54, 1.807) is 22.5 Å². The summed E-state index contributed by atoms with van der Waals surface area (Å²) in [7, 11) is -3.38. The molecule has 0 spiro atoms. The molecule has 0 amide bonds. The first-order chi connectivity index (χ1) is 8.46. The highest BCUT2D eigenvalue weighted by Gasteiger charge is 2.38. The maximum absolute atomic E-state index is 12.6. The molecule has 0 N–H and O–H groups in total. The first kappa shape index (κ1) is 14.5. The van der Waals surface area contributed by atoms with Crippen molar-refractivity contribution in [2.75, 3.05) is 6.54 Å². The SMILES string of the molecule is CCCN(C1CC1)S(=O)(=O)c1ccc(Br)cc1Br. The van der Waals surface area contributed by atoms with Gasteiger partial charge in [0.1, 0.15) is 0 Å². The van der Waals surface area contributed by atoms with Gasteiger partial charge < -0.3 is 0 Å². The molecule has 0 aliphatic heterocycles. The van der Waals surface area contributed by atoms with Crippen LogP contribution in [-0.2, 0) is 10.0 Å². The van der Waals surface area contributed by atoms with Crippen LogP contribution >= 0.6 is 31.9 Å². The number of hydrogen-bond acceptors (Lipinski definition) is 2. The van der Waals surface area contributed by atoms with Gasteiger partial charge in [0.2, 0.25) is 10.0 Å². The van der Waals surface area contributed by atoms with E-state index in [2.05, 4.69) is 31.9 Å². The Morgan fingerprint density at radius 1 is 1.33 bits per heavy atom. The summed E-state index contributed by atoms with van der Waals surface area (Å²) in [6, 6.07) is 5.37. The number of nitrogens with zero attached hydrogens (tertiary/aromatic N) is 1. The topological polar surface area (TPSA) is 37.4 Å². The van der Waals surface area contributed by atoms with Crippen molar-refractivity contribution in [2.24, 2.45) is 0 Å². The lowest BCUT2D eigenvalue weighted by Gasteiger charge is -2.22. The van der Waals surface area contributed by atoms with Gasteiger partial charge in [-0.1, -0.05) is 22.9 Å². The lowest BCUT2D eigenvalue weighted by atomic mass is 10.4. The van der Waals surface area contributed by atoms with Gasteiger partial charge in [0.25, 0.3) is 0 Å². The third-order valence-electron chi connectivity index (χ3n) is 2.88. The van der Waals surface area contributed by atoms with Gasteiger partial charge in [-0.2, -0.15) is 4.31 Å². The molecule has 0 aromatic heterocycles. The fourth-order valence-corrected chi connectivity index (χ4v) is 5.38. The van der Waals surface area contributed by atoms with E-state index < -0.39 is 10.0 Å². The normalized spacial score (nSPS) is 16.2. The van der Waals surface area contributed by atoms with Crippen LogP contribution < -0.4 is 0 Å². The molecule has 0 bridgehead atoms. The quantitative estimate of drug-likeness (QED) is 0.759. The minimum atomic E-state index is -3.38. The Kier molecular flexibility index (Phi) is 4.52. The van der Waals surface area contributed by atoms with Gasteiger partial charge in [0.05, 0.1) is 4.90 Å². The van der Waals surface area contributed by atoms with Crippen molar-refractivity contribution in [3.63, 3.8) is 0 Å². The predicted octanol–water partition coefficient (Wildman–Crippen LogP) is 3.77. The molecule has 6 heteroatoms. The van der Waals surface area contributed by atoms with E-state index in [4.69, 9.17) is 0 Å². The van der Waals surface area contributed by atoms with E-state index in [0.29, 0.717) is 15.9 Å². The predicted molar refractivity (Wildman–Crippen MR) is 79.0 cm³/mol. The van der Waals surface area contributed by atoms with Crippen LogP contribution in [0.3, 0.4) is 0 Å². The molecule has 1 aliphatic rings. The molecule has 2 rings (SSSR count). The second kappa shape index (κ2) is 5.61. The lowest BCUT2D eigenvalue weighted by Crippen LogP contribution is -2.34. The first-order valence-electron chi connectivity index (χ1n) is 5.93. The summed E-state index contributed by atoms with van der Waals surface area (Å²) in [5.74, 6) is 0. The summed E-state index contributed by atoms with van der Waals surface area (Å²) in [5, 5.41) is 0. The molecule has 1 fully saturated rings. The molecule has 0 saturated heterocycles. The van der Waals surface area contributed by atoms with E-state index >= 15 is 0 Å². The maximum Gasteiger partial charge on any atom is 0.244 e. The van der Waals surface area contributed by atoms with Crippen molar-refractivity contribution in [2.45, 2.75) is 37.1 Å². The summed E-state index contributed by atoms with van der Waals surface area (Å²) >= 11 is 6.67. The van der Waals surface area contributed by atoms with Gasteiger partial charge in [0, 0.05) is 21.5 Å². The highest BCUT2D eigenvalue weighted by Crippen LogP contribution is 2.35. The smallest absolute Gasteiger partial charge is 0.207 e. The highest BCUT2D eigenvalue weighted by atomic mass is 79.9. The Labute approximate surface area is 125 Å². The third-order valence-corrected chi connectivity index (χ3v) is 6.30. The van der Waals surface area contributed by atoms with Crippen molar-refractivity contribution in [1.82, 2.24) is 4.31 Å². The van der Waals surface area contributed by atoms with Crippen molar-refractivity contribution in [1.29, 1.82) is 0 Å². The van der Waals surface area contributed by atoms with Crippen LogP contribution in [0.4, 0.5) is 0 Å². The lowest BCUT2D eigenvalue weighted by molar-refractivity contribution is 0.403. The van der Waals surface area contributed by atoms with Gasteiger partial charge in [-0.05, 0) is 53.4 Å². The zero-order chi connectivity index (χ0) is 13.3. The van der Waals surface area contributed by atoms with Crippen LogP contribution in [0.2, 0.25) is 0 Å². The fourth-order valence-electron chi connectivity index (χ4n) is 1.89. The molecule has 1 saturated carbocycles. The van der Waals surface area contributed by atoms with E-state index in [0.717, 1.165) is 23.7 Å². The summed E-state index contributed by atoms with van der Waals surface area (Å²) in [6.07, 6.45) is 2.80. The molecule has 18 heavy (non-hydrogen) atoms. The fraction of sp³-hybridized carbons (Fsp3) is 0.500. The van der Waals surface area contributed by atoms with E-state index in [1.165, 1.54) is 0 Å². The average molecular weight is 397 g/mol. The summed E-state index contributed by atoms with van der Waals surface area (Å²) < 4.78 is 28.3. The van der Waals surface area contributed by atoms with Crippen LogP contribution in [0.25, 0.3) is 0 Å². The van der Waals surface area contributed by atoms with Crippen LogP contribution in [0.5, 0.6) is 0 Å². The highest BCUT2D eigenvalue weighted by molar-refractivity contribution is 9.11. The Bertz CT molecular complexity index is 541. The Morgan fingerprint density at radius 2 is 2.00 bits per heavy atom. The molecule has 0 heterocycles. The van der Waals surface area contributed by atoms with Gasteiger partial charge in [-0.3, -0.25) is 0 Å². The molecule has 1 aliphatic carbocycles. The number of rotatable bonds is 5. The van der Waals surface area contributed by atoms with Gasteiger partial charge >= 0.3 is 0 Å². The van der Waals surface area contributed by atoms with Crippen LogP contribution in [0.15, 0.2) is 32.0 Å². The zero-order valence-electron chi connectivity index (χ0n) is 10.1. The third kappa shape index (κ3) is 2.98. The number of hydrogen-bond donors (Lipinski definition) is 0. The van der Waals surface area contributed by atoms with Crippen molar-refractivity contribution in [3.05, 3.63) is 27.1 Å². The van der Waals surface area contributed by atoms with E-state index in [9.17, 15) is 8.42 Å². The molecule has 0 atom stereocenters. The van der Waals surface area contributed by atoms with Crippen LogP contribution in [-0.4, -0.2) is 25.3 Å². The Hall–Kier alpha value is 0.0900. The van der Waals surface area contributed by atoms with E-state index in [1.807, 2.05) is 6.92 Å². The minimum Gasteiger partial charge on any atom is -0.207 e. The Balaban J connectivity index is 2.39. The summed E-state index contributed by atoms with van der Waals surface area (Å²) in [4.78, 5) is 0.353. The molecular weight excluding hydrogens is 382 g/mol. The monoisotopic (exact) mass is 395 g/mol. The molecule has 100 valence electrons. The standard InChI is InChI=1S/C12H15Br2NO2S/c1-2-7-15(10-4-5-10)18(16,17)12-6-3-9(13)8-11(12)14/h3,6,8,10H,2,4-5,7H2,1H3. The molecule has 3 nitrogen and oxygen atoms in total. The second-order valence-electron chi connectivity index (χ2n) is 4.42. The second-order valence-corrected chi connectivity index (χ2v) is 8.05. The summed E-state index contributed by atoms with van der Waals surface area (Å²) in [6.45, 7) is 2.59. The largest absolute Gasteiger partial charge is 0.244 e. The molecular formula is C12H15Br2NO2S. The average Bonchev–Trinajstić information content (AvgIpc) is 3.08. The van der Waals surface area contributed by atoms with Gasteiger partial charge in [-0.15, -0.1) is 0 Å². The number of benzene rings is 1. The molecule has 1 aromatic carbocycles. The molecule has 0 unspecified atom stereocenters. The van der Waals surface area contributed by atoms with Gasteiger partial charge in [-0.25, -0.2) is 8.42 Å². The minimum absolute atomic E-state index is 0.200. The molecule has 1 aromatic rings. The van der Waals surface area contributed by atoms with Crippen molar-refractivity contribution < 1.29 is 8.42 Å². The van der Waals surface area contributed by atoms with Crippen molar-refractivity contribution in [3.8, 4) is 0 Å². The van der Waals surface area contributed by atoms with Crippen molar-refractivity contribution >= 4 is 41.9 Å². The number of halogens is 2. The number of sulfonamides is 1. The molecule has 0 radical (unpaired) electrons. The first-order valence-corrected chi connectivity index (χ1v) is 8.96. The van der Waals surface area contributed by atoms with Gasteiger partial charge in [0.15, 0.2) is 0 Å². The summed E-state index contributed by atoms with van der Waals surface area (Å²) in [5.41, 5.74) is 0.